The average Bonchev–Trinajstić information content (AvgIpc) is 3.73. The molecule has 0 aliphatic rings. The normalized spacial score (nSPS) is 12.9. The summed E-state index contributed by atoms with van der Waals surface area (Å²) in [7, 11) is 1.20. The Morgan fingerprint density at radius 3 is 0.703 bits per heavy atom. The standard InChI is InChI=1S/C81H162NO8P/c1-6-8-10-12-14-16-18-20-22-24-26-28-30-32-34-36-38-40-41-42-44-46-48-50-52-54-56-58-60-62-64-66-68-70-72-74-81(84)90-79(78-89-91(85,86)88-76-75-82(3,4)5)77-87-80(83)73-71-69-67-65-63-61-59-57-55-53-51-49-47-45-43-39-37-35-33-31-29-27-25-23-21-19-17-15-13-11-9-7-2/h79H,6-78H2,1-5H3. The lowest BCUT2D eigenvalue weighted by atomic mass is 10.0. The van der Waals surface area contributed by atoms with Gasteiger partial charge >= 0.3 is 11.9 Å². The Bertz CT molecular complexity index is 1490. The highest BCUT2D eigenvalue weighted by Gasteiger charge is 2.22. The molecule has 10 heteroatoms. The fourth-order valence-electron chi connectivity index (χ4n) is 13.1. The van der Waals surface area contributed by atoms with Crippen LogP contribution in [0.4, 0.5) is 0 Å². The predicted octanol–water partition coefficient (Wildman–Crippen LogP) is 26.6. The molecule has 0 rings (SSSR count). The van der Waals surface area contributed by atoms with E-state index in [4.69, 9.17) is 18.5 Å². The lowest BCUT2D eigenvalue weighted by Crippen LogP contribution is -2.37. The molecule has 0 bridgehead atoms. The topological polar surface area (TPSA) is 111 Å². The Labute approximate surface area is 569 Å². The predicted molar refractivity (Wildman–Crippen MR) is 393 cm³/mol. The second kappa shape index (κ2) is 73.3. The zero-order valence-corrected chi connectivity index (χ0v) is 63.3. The van der Waals surface area contributed by atoms with Crippen molar-refractivity contribution in [2.75, 3.05) is 47.5 Å². The van der Waals surface area contributed by atoms with E-state index in [1.165, 1.54) is 392 Å². The molecule has 0 heterocycles. The lowest BCUT2D eigenvalue weighted by molar-refractivity contribution is -0.870. The van der Waals surface area contributed by atoms with E-state index in [2.05, 4.69) is 13.8 Å². The van der Waals surface area contributed by atoms with Crippen LogP contribution in [0.1, 0.15) is 457 Å². The van der Waals surface area contributed by atoms with E-state index in [9.17, 15) is 19.0 Å². The minimum atomic E-state index is -4.64. The number of phosphoric acid groups is 1. The maximum Gasteiger partial charge on any atom is 0.306 e. The number of hydrogen-bond acceptors (Lipinski definition) is 8. The van der Waals surface area contributed by atoms with Gasteiger partial charge in [-0.1, -0.05) is 431 Å². The molecule has 544 valence electrons. The van der Waals surface area contributed by atoms with Gasteiger partial charge in [0.15, 0.2) is 6.10 Å². The second-order valence-electron chi connectivity index (χ2n) is 29.9. The molecule has 2 atom stereocenters. The largest absolute Gasteiger partial charge is 0.756 e. The molecule has 2 unspecified atom stereocenters. The monoisotopic (exact) mass is 1310 g/mol. The van der Waals surface area contributed by atoms with Crippen molar-refractivity contribution in [3.05, 3.63) is 0 Å². The molecule has 0 N–H and O–H groups in total. The van der Waals surface area contributed by atoms with Crippen LogP contribution in [0.5, 0.6) is 0 Å². The number of esters is 2. The summed E-state index contributed by atoms with van der Waals surface area (Å²) in [6.45, 7) is 4.35. The van der Waals surface area contributed by atoms with Gasteiger partial charge in [-0.15, -0.1) is 0 Å². The number of likely N-dealkylation sites (N-methyl/N-ethyl adjacent to an activating group) is 1. The molecule has 0 aromatic rings. The van der Waals surface area contributed by atoms with Gasteiger partial charge in [-0.3, -0.25) is 14.2 Å². The number of unbranched alkanes of at least 4 members (excludes halogenated alkanes) is 65. The maximum atomic E-state index is 12.9. The van der Waals surface area contributed by atoms with Gasteiger partial charge in [-0.2, -0.15) is 0 Å². The van der Waals surface area contributed by atoms with Gasteiger partial charge in [0.05, 0.1) is 27.7 Å². The van der Waals surface area contributed by atoms with Crippen molar-refractivity contribution < 1.29 is 42.1 Å². The van der Waals surface area contributed by atoms with Crippen molar-refractivity contribution in [1.29, 1.82) is 0 Å². The highest BCUT2D eigenvalue weighted by molar-refractivity contribution is 7.45. The third-order valence-electron chi connectivity index (χ3n) is 19.4. The summed E-state index contributed by atoms with van der Waals surface area (Å²) in [6, 6.07) is 0. The van der Waals surface area contributed by atoms with E-state index in [1.807, 2.05) is 21.1 Å². The van der Waals surface area contributed by atoms with E-state index in [0.29, 0.717) is 17.4 Å². The van der Waals surface area contributed by atoms with E-state index < -0.39 is 26.5 Å². The van der Waals surface area contributed by atoms with Crippen LogP contribution in [0.25, 0.3) is 0 Å². The molecule has 0 radical (unpaired) electrons. The highest BCUT2D eigenvalue weighted by atomic mass is 31.2. The zero-order valence-electron chi connectivity index (χ0n) is 62.4. The Morgan fingerprint density at radius 1 is 0.297 bits per heavy atom. The van der Waals surface area contributed by atoms with Crippen LogP contribution >= 0.6 is 7.82 Å². The first-order chi connectivity index (χ1) is 44.5. The van der Waals surface area contributed by atoms with Crippen molar-refractivity contribution in [3.8, 4) is 0 Å². The van der Waals surface area contributed by atoms with Crippen molar-refractivity contribution in [1.82, 2.24) is 0 Å². The summed E-state index contributed by atoms with van der Waals surface area (Å²) in [4.78, 5) is 38.2. The zero-order chi connectivity index (χ0) is 66.2. The van der Waals surface area contributed by atoms with E-state index in [-0.39, 0.29) is 32.0 Å². The molecule has 0 saturated carbocycles. The Kier molecular flexibility index (Phi) is 72.5. The molecule has 0 aromatic carbocycles. The van der Waals surface area contributed by atoms with E-state index >= 15 is 0 Å². The van der Waals surface area contributed by atoms with Gasteiger partial charge in [-0.05, 0) is 12.8 Å². The number of rotatable bonds is 79. The smallest absolute Gasteiger partial charge is 0.306 e. The number of ether oxygens (including phenoxy) is 2. The van der Waals surface area contributed by atoms with Gasteiger partial charge in [0.25, 0.3) is 7.82 Å². The molecular formula is C81H162NO8P. The molecule has 9 nitrogen and oxygen atoms in total. The molecular weight excluding hydrogens is 1150 g/mol. The van der Waals surface area contributed by atoms with Crippen molar-refractivity contribution in [3.63, 3.8) is 0 Å². The third kappa shape index (κ3) is 77.9. The fraction of sp³-hybridized carbons (Fsp3) is 0.975. The lowest BCUT2D eigenvalue weighted by Gasteiger charge is -2.28. The van der Waals surface area contributed by atoms with Gasteiger partial charge < -0.3 is 27.9 Å². The summed E-state index contributed by atoms with van der Waals surface area (Å²) in [5.74, 6) is -0.800. The molecule has 0 spiro atoms. The Balaban J connectivity index is 3.87. The minimum Gasteiger partial charge on any atom is -0.756 e. The SMILES string of the molecule is CCCCCCCCCCCCCCCCCCCCCCCCCCCCCCCCCCCCCC(=O)OC(COC(=O)CCCCCCCCCCCCCCCCCCCCCCCCCCCCCCCCCC)COP(=O)([O-])OCC[N+](C)(C)C. The highest BCUT2D eigenvalue weighted by Crippen LogP contribution is 2.38. The summed E-state index contributed by atoms with van der Waals surface area (Å²) in [6.07, 6.45) is 91.1. The average molecular weight is 1310 g/mol. The Hall–Kier alpha value is -0.990. The van der Waals surface area contributed by atoms with Gasteiger partial charge in [0.2, 0.25) is 0 Å². The van der Waals surface area contributed by atoms with Crippen LogP contribution in [0, 0.1) is 0 Å². The van der Waals surface area contributed by atoms with E-state index in [0.717, 1.165) is 32.1 Å². The Morgan fingerprint density at radius 2 is 0.495 bits per heavy atom. The van der Waals surface area contributed by atoms with Crippen molar-refractivity contribution in [2.45, 2.75) is 463 Å². The fourth-order valence-corrected chi connectivity index (χ4v) is 13.8. The number of phosphoric ester groups is 1. The molecule has 91 heavy (non-hydrogen) atoms. The van der Waals surface area contributed by atoms with Crippen LogP contribution < -0.4 is 4.89 Å². The number of nitrogens with zero attached hydrogens (tertiary/aromatic N) is 1. The number of hydrogen-bond donors (Lipinski definition) is 0. The summed E-state index contributed by atoms with van der Waals surface area (Å²) in [5, 5.41) is 0. The van der Waals surface area contributed by atoms with Gasteiger partial charge in [0, 0.05) is 12.8 Å². The summed E-state index contributed by atoms with van der Waals surface area (Å²) >= 11 is 0. The maximum absolute atomic E-state index is 12.9. The van der Waals surface area contributed by atoms with Crippen LogP contribution in [0.3, 0.4) is 0 Å². The van der Waals surface area contributed by atoms with Crippen LogP contribution in [-0.2, 0) is 32.7 Å². The number of quaternary nitrogens is 1. The molecule has 0 aromatic heterocycles. The summed E-state index contributed by atoms with van der Waals surface area (Å²) < 4.78 is 34.4. The number of carbonyl (C=O) groups excluding carboxylic acids is 2. The van der Waals surface area contributed by atoms with Crippen LogP contribution in [0.2, 0.25) is 0 Å². The first kappa shape index (κ1) is 90.0. The van der Waals surface area contributed by atoms with Gasteiger partial charge in [0.1, 0.15) is 19.8 Å². The first-order valence-electron chi connectivity index (χ1n) is 41.2. The molecule has 0 fully saturated rings. The third-order valence-corrected chi connectivity index (χ3v) is 20.3. The molecule has 0 aliphatic heterocycles. The van der Waals surface area contributed by atoms with Crippen molar-refractivity contribution in [2.24, 2.45) is 0 Å². The van der Waals surface area contributed by atoms with Crippen LogP contribution in [0.15, 0.2) is 0 Å². The molecule has 0 aliphatic carbocycles. The molecule has 0 amide bonds. The van der Waals surface area contributed by atoms with Crippen molar-refractivity contribution >= 4 is 19.8 Å². The van der Waals surface area contributed by atoms with Gasteiger partial charge in [-0.25, -0.2) is 0 Å². The van der Waals surface area contributed by atoms with Crippen LogP contribution in [-0.4, -0.2) is 70.0 Å². The van der Waals surface area contributed by atoms with E-state index in [1.54, 1.807) is 0 Å². The molecule has 0 saturated heterocycles. The number of carbonyl (C=O) groups is 2. The summed E-state index contributed by atoms with van der Waals surface area (Å²) in [5.41, 5.74) is 0. The minimum absolute atomic E-state index is 0.0246. The second-order valence-corrected chi connectivity index (χ2v) is 31.3. The quantitative estimate of drug-likeness (QED) is 0.0256. The first-order valence-corrected chi connectivity index (χ1v) is 42.7.